The van der Waals surface area contributed by atoms with Crippen LogP contribution in [0.3, 0.4) is 0 Å². The zero-order valence-electron chi connectivity index (χ0n) is 28.2. The quantitative estimate of drug-likeness (QED) is 0.0889. The lowest BCUT2D eigenvalue weighted by molar-refractivity contribution is -0.138. The van der Waals surface area contributed by atoms with Crippen LogP contribution in [0.5, 0.6) is 23.0 Å². The van der Waals surface area contributed by atoms with E-state index >= 15 is 4.39 Å². The van der Waals surface area contributed by atoms with Crippen LogP contribution in [0, 0.1) is 17.7 Å². The molecule has 4 rings (SSSR count). The molecule has 0 aliphatic heterocycles. The van der Waals surface area contributed by atoms with Gasteiger partial charge in [0.1, 0.15) is 28.8 Å². The molecule has 0 saturated carbocycles. The van der Waals surface area contributed by atoms with Crippen LogP contribution in [0.2, 0.25) is 0 Å². The van der Waals surface area contributed by atoms with E-state index in [0.717, 1.165) is 0 Å². The highest BCUT2D eigenvalue weighted by Crippen LogP contribution is 2.36. The van der Waals surface area contributed by atoms with Crippen molar-refractivity contribution in [2.45, 2.75) is 41.5 Å². The van der Waals surface area contributed by atoms with Crippen molar-refractivity contribution in [2.24, 2.45) is 11.8 Å². The summed E-state index contributed by atoms with van der Waals surface area (Å²) in [7, 11) is 0. The maximum atomic E-state index is 15.7. The molecule has 4 aromatic carbocycles. The van der Waals surface area contributed by atoms with Gasteiger partial charge in [-0.05, 0) is 72.0 Å². The Hall–Kier alpha value is -5.83. The molecule has 8 nitrogen and oxygen atoms in total. The van der Waals surface area contributed by atoms with E-state index in [-0.39, 0.29) is 39.7 Å². The van der Waals surface area contributed by atoms with Gasteiger partial charge in [0.05, 0.1) is 11.8 Å². The maximum Gasteiger partial charge on any atom is 0.338 e. The van der Waals surface area contributed by atoms with Crippen molar-refractivity contribution in [3.8, 4) is 56.4 Å². The Morgan fingerprint density at radius 2 is 0.878 bits per heavy atom. The highest BCUT2D eigenvalue weighted by Gasteiger charge is 2.18. The second kappa shape index (κ2) is 15.4. The first-order valence-corrected chi connectivity index (χ1v) is 15.5. The number of benzene rings is 4. The molecule has 49 heavy (non-hydrogen) atoms. The second-order valence-electron chi connectivity index (χ2n) is 12.1. The molecule has 0 aromatic heterocycles. The first-order valence-electron chi connectivity index (χ1n) is 15.5. The summed E-state index contributed by atoms with van der Waals surface area (Å²) in [5.74, 6) is -3.04. The zero-order chi connectivity index (χ0) is 36.0. The molecule has 4 aromatic rings. The Kier molecular flexibility index (Phi) is 11.3. The largest absolute Gasteiger partial charge is 0.426 e. The standard InChI is InChI=1S/C40H37FO8/c1-22(2)37(42)46-31-15-29(16-32(20-31)47-38(43)23(3)4)27-11-9-26(10-12-27)28-13-14-35(36(41)19-28)30-17-33(48-39(44)24(5)6)21-34(18-30)49-40(45)25(7)8/h9-21,24-25H,1,3H2,2,4-8H3. The van der Waals surface area contributed by atoms with Gasteiger partial charge in [-0.25, -0.2) is 14.0 Å². The SMILES string of the molecule is C=C(C)C(=O)Oc1cc(OC(=O)C(=C)C)cc(-c2ccc(-c3ccc(-c4cc(OC(=O)C(C)C)cc(OC(=O)C(C)C)c4)c(F)c3)cc2)c1. The molecule has 0 spiro atoms. The first-order chi connectivity index (χ1) is 23.1. The third kappa shape index (κ3) is 9.38. The average molecular weight is 665 g/mol. The van der Waals surface area contributed by atoms with Crippen molar-refractivity contribution < 1.29 is 42.5 Å². The fraction of sp³-hybridized carbons (Fsp3) is 0.200. The van der Waals surface area contributed by atoms with Gasteiger partial charge in [-0.2, -0.15) is 0 Å². The fourth-order valence-corrected chi connectivity index (χ4v) is 4.34. The van der Waals surface area contributed by atoms with E-state index in [1.807, 2.05) is 0 Å². The fourth-order valence-electron chi connectivity index (χ4n) is 4.34. The molecule has 0 heterocycles. The molecule has 252 valence electrons. The lowest BCUT2D eigenvalue weighted by Crippen LogP contribution is -2.16. The Balaban J connectivity index is 1.66. The summed E-state index contributed by atoms with van der Waals surface area (Å²) in [6.45, 7) is 17.0. The van der Waals surface area contributed by atoms with Gasteiger partial charge in [0, 0.05) is 28.8 Å². The molecule has 0 saturated heterocycles. The predicted molar refractivity (Wildman–Crippen MR) is 185 cm³/mol. The number of carbonyl (C=O) groups is 4. The number of hydrogen-bond donors (Lipinski definition) is 0. The van der Waals surface area contributed by atoms with Gasteiger partial charge in [0.25, 0.3) is 0 Å². The van der Waals surface area contributed by atoms with Gasteiger partial charge in [0.2, 0.25) is 0 Å². The van der Waals surface area contributed by atoms with Crippen LogP contribution in [0.15, 0.2) is 103 Å². The van der Waals surface area contributed by atoms with Gasteiger partial charge in [0.15, 0.2) is 0 Å². The molecule has 0 unspecified atom stereocenters. The summed E-state index contributed by atoms with van der Waals surface area (Å²) in [6, 6.07) is 21.0. The molecule has 0 amide bonds. The minimum absolute atomic E-state index is 0.123. The average Bonchev–Trinajstić information content (AvgIpc) is 3.04. The van der Waals surface area contributed by atoms with Gasteiger partial charge in [-0.15, -0.1) is 0 Å². The van der Waals surface area contributed by atoms with Crippen molar-refractivity contribution in [3.63, 3.8) is 0 Å². The van der Waals surface area contributed by atoms with E-state index in [4.69, 9.17) is 18.9 Å². The second-order valence-corrected chi connectivity index (χ2v) is 12.1. The van der Waals surface area contributed by atoms with Gasteiger partial charge in [-0.3, -0.25) is 9.59 Å². The molecule has 0 aliphatic carbocycles. The number of halogens is 1. The highest BCUT2D eigenvalue weighted by molar-refractivity contribution is 5.90. The molecule has 9 heteroatoms. The lowest BCUT2D eigenvalue weighted by atomic mass is 9.97. The van der Waals surface area contributed by atoms with Crippen molar-refractivity contribution in [3.05, 3.63) is 109 Å². The van der Waals surface area contributed by atoms with E-state index in [1.54, 1.807) is 76.2 Å². The maximum absolute atomic E-state index is 15.7. The lowest BCUT2D eigenvalue weighted by Gasteiger charge is -2.14. The third-order valence-corrected chi connectivity index (χ3v) is 7.09. The summed E-state index contributed by atoms with van der Waals surface area (Å²) in [4.78, 5) is 49.0. The number of hydrogen-bond acceptors (Lipinski definition) is 8. The monoisotopic (exact) mass is 664 g/mol. The minimum atomic E-state index is -0.633. The Bertz CT molecular complexity index is 1870. The summed E-state index contributed by atoms with van der Waals surface area (Å²) in [6.07, 6.45) is 0. The molecule has 0 radical (unpaired) electrons. The number of esters is 4. The van der Waals surface area contributed by atoms with Crippen LogP contribution in [0.25, 0.3) is 33.4 Å². The Morgan fingerprint density at radius 3 is 1.27 bits per heavy atom. The van der Waals surface area contributed by atoms with Crippen LogP contribution in [-0.2, 0) is 19.2 Å². The first kappa shape index (κ1) is 36.0. The Morgan fingerprint density at radius 1 is 0.510 bits per heavy atom. The van der Waals surface area contributed by atoms with E-state index < -0.39 is 41.5 Å². The normalized spacial score (nSPS) is 10.8. The van der Waals surface area contributed by atoms with Crippen LogP contribution in [0.1, 0.15) is 41.5 Å². The zero-order valence-corrected chi connectivity index (χ0v) is 28.2. The van der Waals surface area contributed by atoms with E-state index in [2.05, 4.69) is 13.2 Å². The minimum Gasteiger partial charge on any atom is -0.426 e. The van der Waals surface area contributed by atoms with Crippen LogP contribution >= 0.6 is 0 Å². The van der Waals surface area contributed by atoms with E-state index in [9.17, 15) is 19.2 Å². The molecular weight excluding hydrogens is 627 g/mol. The summed E-state index contributed by atoms with van der Waals surface area (Å²) >= 11 is 0. The molecule has 0 N–H and O–H groups in total. The van der Waals surface area contributed by atoms with Crippen molar-refractivity contribution in [1.82, 2.24) is 0 Å². The summed E-state index contributed by atoms with van der Waals surface area (Å²) in [5, 5.41) is 0. The Labute approximate surface area is 284 Å². The number of rotatable bonds is 11. The third-order valence-electron chi connectivity index (χ3n) is 7.09. The molecular formula is C40H37FO8. The van der Waals surface area contributed by atoms with E-state index in [1.165, 1.54) is 44.2 Å². The predicted octanol–water partition coefficient (Wildman–Crippen LogP) is 8.91. The van der Waals surface area contributed by atoms with Gasteiger partial charge < -0.3 is 18.9 Å². The molecule has 0 atom stereocenters. The topological polar surface area (TPSA) is 105 Å². The van der Waals surface area contributed by atoms with Crippen molar-refractivity contribution in [2.75, 3.05) is 0 Å². The highest BCUT2D eigenvalue weighted by atomic mass is 19.1. The number of carbonyl (C=O) groups excluding carboxylic acids is 4. The van der Waals surface area contributed by atoms with Gasteiger partial charge >= 0.3 is 23.9 Å². The van der Waals surface area contributed by atoms with Crippen LogP contribution < -0.4 is 18.9 Å². The number of ether oxygens (including phenoxy) is 4. The summed E-state index contributed by atoms with van der Waals surface area (Å²) in [5.41, 5.74) is 3.56. The van der Waals surface area contributed by atoms with Crippen LogP contribution in [0.4, 0.5) is 4.39 Å². The smallest absolute Gasteiger partial charge is 0.338 e. The molecule has 0 aliphatic rings. The van der Waals surface area contributed by atoms with Gasteiger partial charge in [-0.1, -0.05) is 77.3 Å². The molecule has 0 bridgehead atoms. The molecule has 0 fully saturated rings. The summed E-state index contributed by atoms with van der Waals surface area (Å²) < 4.78 is 37.5. The van der Waals surface area contributed by atoms with Crippen molar-refractivity contribution in [1.29, 1.82) is 0 Å². The van der Waals surface area contributed by atoms with E-state index in [0.29, 0.717) is 27.8 Å². The van der Waals surface area contributed by atoms with Crippen molar-refractivity contribution >= 4 is 23.9 Å². The van der Waals surface area contributed by atoms with Crippen LogP contribution in [-0.4, -0.2) is 23.9 Å².